The van der Waals surface area contributed by atoms with E-state index in [-0.39, 0.29) is 17.9 Å². The molecule has 0 aromatic heterocycles. The summed E-state index contributed by atoms with van der Waals surface area (Å²) in [7, 11) is 1.65. The van der Waals surface area contributed by atoms with Crippen LogP contribution in [0, 0.1) is 11.8 Å². The highest BCUT2D eigenvalue weighted by atomic mass is 16.7. The van der Waals surface area contributed by atoms with E-state index in [2.05, 4.69) is 0 Å². The lowest BCUT2D eigenvalue weighted by atomic mass is 9.63. The molecule has 4 aliphatic rings. The largest absolute Gasteiger partial charge is 0.497 e. The Bertz CT molecular complexity index is 537. The smallest absolute Gasteiger partial charge is 0.174 e. The minimum absolute atomic E-state index is 0.114. The fourth-order valence-corrected chi connectivity index (χ4v) is 4.38. The molecule has 0 unspecified atom stereocenters. The van der Waals surface area contributed by atoms with Gasteiger partial charge >= 0.3 is 0 Å². The minimum Gasteiger partial charge on any atom is -0.497 e. The predicted molar refractivity (Wildman–Crippen MR) is 83.0 cm³/mol. The van der Waals surface area contributed by atoms with Gasteiger partial charge in [0, 0.05) is 12.3 Å². The zero-order chi connectivity index (χ0) is 15.9. The zero-order valence-electron chi connectivity index (χ0n) is 13.4. The molecule has 4 atom stereocenters. The van der Waals surface area contributed by atoms with E-state index < -0.39 is 11.9 Å². The lowest BCUT2D eigenvalue weighted by molar-refractivity contribution is -0.297. The Kier molecular flexibility index (Phi) is 4.05. The van der Waals surface area contributed by atoms with Crippen LogP contribution >= 0.6 is 0 Å². The summed E-state index contributed by atoms with van der Waals surface area (Å²) in [5, 5.41) is 10.6. The number of ether oxygens (including phenoxy) is 4. The molecule has 1 aromatic carbocycles. The number of aliphatic hydroxyl groups excluding tert-OH is 1. The first-order valence-electron chi connectivity index (χ1n) is 8.42. The molecular formula is C18H24O5. The van der Waals surface area contributed by atoms with Crippen LogP contribution in [0.5, 0.6) is 5.75 Å². The van der Waals surface area contributed by atoms with Crippen LogP contribution in [0.25, 0.3) is 0 Å². The molecule has 1 N–H and O–H groups in total. The Morgan fingerprint density at radius 2 is 1.91 bits per heavy atom. The molecule has 0 radical (unpaired) electrons. The van der Waals surface area contributed by atoms with Crippen LogP contribution in [0.15, 0.2) is 24.3 Å². The van der Waals surface area contributed by atoms with Gasteiger partial charge in [0.15, 0.2) is 5.79 Å². The van der Waals surface area contributed by atoms with E-state index in [0.29, 0.717) is 19.8 Å². The van der Waals surface area contributed by atoms with Crippen molar-refractivity contribution >= 4 is 0 Å². The molecule has 2 bridgehead atoms. The molecule has 1 aromatic rings. The summed E-state index contributed by atoms with van der Waals surface area (Å²) in [6.45, 7) is 1.76. The van der Waals surface area contributed by atoms with Crippen molar-refractivity contribution in [1.82, 2.24) is 0 Å². The molecule has 1 heterocycles. The molecule has 0 amide bonds. The average molecular weight is 320 g/mol. The van der Waals surface area contributed by atoms with Crippen molar-refractivity contribution in [2.24, 2.45) is 11.8 Å². The van der Waals surface area contributed by atoms with Crippen LogP contribution < -0.4 is 4.74 Å². The standard InChI is InChI=1S/C18H24O5/c1-20-14-5-2-12(3-6-14)11-21-17-15-7-4-13(16(17)19)10-18(15)22-8-9-23-18/h2-3,5-6,13,15-17,19H,4,7-11H2,1H3/t13-,15-,16-,17+/m0/s1. The van der Waals surface area contributed by atoms with Gasteiger partial charge in [-0.1, -0.05) is 12.1 Å². The maximum absolute atomic E-state index is 10.6. The number of benzene rings is 1. The predicted octanol–water partition coefficient (Wildman–Crippen LogP) is 2.11. The monoisotopic (exact) mass is 320 g/mol. The topological polar surface area (TPSA) is 57.2 Å². The molecule has 5 nitrogen and oxygen atoms in total. The molecule has 1 saturated heterocycles. The van der Waals surface area contributed by atoms with E-state index in [1.54, 1.807) is 7.11 Å². The van der Waals surface area contributed by atoms with Crippen molar-refractivity contribution in [3.05, 3.63) is 29.8 Å². The number of hydrogen-bond acceptors (Lipinski definition) is 5. The van der Waals surface area contributed by atoms with Gasteiger partial charge in [0.05, 0.1) is 39.1 Å². The third-order valence-corrected chi connectivity index (χ3v) is 5.55. The molecule has 1 aliphatic heterocycles. The van der Waals surface area contributed by atoms with Gasteiger partial charge in [-0.3, -0.25) is 0 Å². The van der Waals surface area contributed by atoms with E-state index >= 15 is 0 Å². The van der Waals surface area contributed by atoms with Gasteiger partial charge in [-0.15, -0.1) is 0 Å². The number of rotatable bonds is 4. The average Bonchev–Trinajstić information content (AvgIpc) is 3.04. The Morgan fingerprint density at radius 1 is 1.17 bits per heavy atom. The fourth-order valence-electron chi connectivity index (χ4n) is 4.38. The van der Waals surface area contributed by atoms with Crippen LogP contribution in [0.2, 0.25) is 0 Å². The summed E-state index contributed by atoms with van der Waals surface area (Å²) in [5.41, 5.74) is 1.07. The second-order valence-electron chi connectivity index (χ2n) is 6.77. The number of methoxy groups -OCH3 is 1. The van der Waals surface area contributed by atoms with E-state index in [1.165, 1.54) is 0 Å². The van der Waals surface area contributed by atoms with Crippen LogP contribution in [-0.4, -0.2) is 43.4 Å². The second-order valence-corrected chi connectivity index (χ2v) is 6.77. The third-order valence-electron chi connectivity index (χ3n) is 5.55. The first-order chi connectivity index (χ1) is 11.2. The van der Waals surface area contributed by atoms with Crippen LogP contribution in [-0.2, 0) is 20.8 Å². The molecule has 5 heteroatoms. The van der Waals surface area contributed by atoms with E-state index in [4.69, 9.17) is 18.9 Å². The van der Waals surface area contributed by atoms with Crippen molar-refractivity contribution in [2.45, 2.75) is 43.9 Å². The maximum atomic E-state index is 10.6. The number of hydrogen-bond donors (Lipinski definition) is 1. The van der Waals surface area contributed by atoms with Crippen molar-refractivity contribution in [3.8, 4) is 5.75 Å². The van der Waals surface area contributed by atoms with Crippen molar-refractivity contribution in [3.63, 3.8) is 0 Å². The molecule has 1 spiro atoms. The van der Waals surface area contributed by atoms with Gasteiger partial charge in [-0.05, 0) is 36.5 Å². The summed E-state index contributed by atoms with van der Waals surface area (Å²) in [6.07, 6.45) is 2.17. The fraction of sp³-hybridized carbons (Fsp3) is 0.667. The Balaban J connectivity index is 1.46. The van der Waals surface area contributed by atoms with E-state index in [9.17, 15) is 5.11 Å². The molecule has 4 fully saturated rings. The van der Waals surface area contributed by atoms with Gasteiger partial charge in [-0.25, -0.2) is 0 Å². The molecule has 126 valence electrons. The van der Waals surface area contributed by atoms with E-state index in [0.717, 1.165) is 30.6 Å². The molecule has 3 aliphatic carbocycles. The van der Waals surface area contributed by atoms with Gasteiger partial charge in [0.25, 0.3) is 0 Å². The van der Waals surface area contributed by atoms with Crippen LogP contribution in [0.4, 0.5) is 0 Å². The van der Waals surface area contributed by atoms with Gasteiger partial charge in [0.1, 0.15) is 5.75 Å². The van der Waals surface area contributed by atoms with Crippen LogP contribution in [0.1, 0.15) is 24.8 Å². The molecule has 3 saturated carbocycles. The highest BCUT2D eigenvalue weighted by Gasteiger charge is 2.59. The zero-order valence-corrected chi connectivity index (χ0v) is 13.4. The SMILES string of the molecule is COc1ccc(CO[C@H]2[C@@H](O)[C@H]3CC[C@@H]2C2(C3)OCCO2)cc1. The Morgan fingerprint density at radius 3 is 2.61 bits per heavy atom. The quantitative estimate of drug-likeness (QED) is 0.921. The van der Waals surface area contributed by atoms with Gasteiger partial charge < -0.3 is 24.1 Å². The minimum atomic E-state index is -0.521. The maximum Gasteiger partial charge on any atom is 0.174 e. The highest BCUT2D eigenvalue weighted by Crippen LogP contribution is 2.52. The number of fused-ring (bicyclic) bond motifs is 2. The number of aliphatic hydroxyl groups is 1. The summed E-state index contributed by atoms with van der Waals surface area (Å²) in [6, 6.07) is 7.83. The summed E-state index contributed by atoms with van der Waals surface area (Å²) in [4.78, 5) is 0. The normalized spacial score (nSPS) is 34.9. The molecular weight excluding hydrogens is 296 g/mol. The van der Waals surface area contributed by atoms with Crippen molar-refractivity contribution < 1.29 is 24.1 Å². The second kappa shape index (κ2) is 6.06. The summed E-state index contributed by atoms with van der Waals surface area (Å²) >= 11 is 0. The van der Waals surface area contributed by atoms with Crippen molar-refractivity contribution in [2.75, 3.05) is 20.3 Å². The van der Waals surface area contributed by atoms with Gasteiger partial charge in [-0.2, -0.15) is 0 Å². The highest BCUT2D eigenvalue weighted by molar-refractivity contribution is 5.26. The lowest BCUT2D eigenvalue weighted by Gasteiger charge is -2.54. The van der Waals surface area contributed by atoms with Crippen molar-refractivity contribution in [1.29, 1.82) is 0 Å². The Hall–Kier alpha value is -1.14. The Labute approximate surface area is 136 Å². The molecule has 23 heavy (non-hydrogen) atoms. The first kappa shape index (κ1) is 15.4. The summed E-state index contributed by atoms with van der Waals surface area (Å²) in [5.74, 6) is 0.631. The third kappa shape index (κ3) is 2.66. The van der Waals surface area contributed by atoms with Crippen LogP contribution in [0.3, 0.4) is 0 Å². The summed E-state index contributed by atoms with van der Waals surface area (Å²) < 4.78 is 23.2. The lowest BCUT2D eigenvalue weighted by Crippen LogP contribution is -2.62. The van der Waals surface area contributed by atoms with E-state index in [1.807, 2.05) is 24.3 Å². The molecule has 5 rings (SSSR count). The van der Waals surface area contributed by atoms with Gasteiger partial charge in [0.2, 0.25) is 0 Å². The first-order valence-corrected chi connectivity index (χ1v) is 8.42.